The second-order valence-corrected chi connectivity index (χ2v) is 5.04. The molecule has 2 heteroatoms. The second-order valence-electron chi connectivity index (χ2n) is 4.26. The van der Waals surface area contributed by atoms with Crippen LogP contribution in [0.3, 0.4) is 0 Å². The summed E-state index contributed by atoms with van der Waals surface area (Å²) in [5, 5.41) is 1.32. The zero-order valence-corrected chi connectivity index (χ0v) is 11.4. The van der Waals surface area contributed by atoms with Gasteiger partial charge in [-0.2, -0.15) is 0 Å². The molecule has 88 valence electrons. The first-order valence-corrected chi connectivity index (χ1v) is 6.33. The molecule has 17 heavy (non-hydrogen) atoms. The summed E-state index contributed by atoms with van der Waals surface area (Å²) < 4.78 is 0. The molecular formula is C15H14Cl2. The average molecular weight is 265 g/mol. The zero-order valence-electron chi connectivity index (χ0n) is 9.93. The number of benzene rings is 2. The van der Waals surface area contributed by atoms with Gasteiger partial charge in [-0.1, -0.05) is 53.5 Å². The van der Waals surface area contributed by atoms with Gasteiger partial charge in [0.15, 0.2) is 0 Å². The van der Waals surface area contributed by atoms with Crippen LogP contribution in [-0.4, -0.2) is 0 Å². The van der Waals surface area contributed by atoms with Crippen molar-refractivity contribution in [3.05, 3.63) is 68.7 Å². The van der Waals surface area contributed by atoms with E-state index in [2.05, 4.69) is 26.0 Å². The van der Waals surface area contributed by atoms with Gasteiger partial charge in [-0.25, -0.2) is 0 Å². The second kappa shape index (κ2) is 5.12. The molecule has 2 rings (SSSR count). The lowest BCUT2D eigenvalue weighted by Gasteiger charge is -2.12. The van der Waals surface area contributed by atoms with E-state index in [0.717, 1.165) is 12.0 Å². The Balaban J connectivity index is 2.46. The molecule has 0 saturated heterocycles. The Labute approximate surface area is 112 Å². The van der Waals surface area contributed by atoms with Crippen LogP contribution in [0.15, 0.2) is 36.4 Å². The van der Waals surface area contributed by atoms with Crippen molar-refractivity contribution in [3.63, 3.8) is 0 Å². The van der Waals surface area contributed by atoms with Crippen LogP contribution in [0.4, 0.5) is 0 Å². The summed E-state index contributed by atoms with van der Waals surface area (Å²) in [6.07, 6.45) is 0.826. The Morgan fingerprint density at radius 2 is 1.65 bits per heavy atom. The number of halogens is 2. The molecule has 0 nitrogen and oxygen atoms in total. The van der Waals surface area contributed by atoms with Gasteiger partial charge in [-0.05, 0) is 48.6 Å². The minimum atomic E-state index is 0.640. The highest BCUT2D eigenvalue weighted by molar-refractivity contribution is 6.42. The summed E-state index contributed by atoms with van der Waals surface area (Å²) >= 11 is 12.4. The third-order valence-corrected chi connectivity index (χ3v) is 3.91. The topological polar surface area (TPSA) is 0 Å². The van der Waals surface area contributed by atoms with Crippen molar-refractivity contribution < 1.29 is 0 Å². The predicted molar refractivity (Wildman–Crippen MR) is 75.2 cm³/mol. The molecule has 2 aromatic rings. The normalized spacial score (nSPS) is 10.6. The van der Waals surface area contributed by atoms with E-state index < -0.39 is 0 Å². The van der Waals surface area contributed by atoms with Crippen molar-refractivity contribution in [2.75, 3.05) is 0 Å². The summed E-state index contributed by atoms with van der Waals surface area (Å²) in [4.78, 5) is 0. The number of aryl methyl sites for hydroxylation is 1. The maximum Gasteiger partial charge on any atom is 0.0630 e. The molecule has 0 amide bonds. The molecule has 0 radical (unpaired) electrons. The highest BCUT2D eigenvalue weighted by atomic mass is 35.5. The lowest BCUT2D eigenvalue weighted by atomic mass is 9.97. The van der Waals surface area contributed by atoms with Crippen LogP contribution in [-0.2, 0) is 6.42 Å². The predicted octanol–water partition coefficient (Wildman–Crippen LogP) is 5.20. The summed E-state index contributed by atoms with van der Waals surface area (Å²) in [7, 11) is 0. The first kappa shape index (κ1) is 12.5. The standard InChI is InChI=1S/C15H14Cl2/c1-10-8-14(16)15(17)13(11(10)2)9-12-6-4-3-5-7-12/h3-8H,9H2,1-2H3. The van der Waals surface area contributed by atoms with Crippen LogP contribution in [0, 0.1) is 13.8 Å². The van der Waals surface area contributed by atoms with Crippen LogP contribution >= 0.6 is 23.2 Å². The van der Waals surface area contributed by atoms with Crippen molar-refractivity contribution in [2.24, 2.45) is 0 Å². The van der Waals surface area contributed by atoms with Gasteiger partial charge in [-0.3, -0.25) is 0 Å². The number of rotatable bonds is 2. The summed E-state index contributed by atoms with van der Waals surface area (Å²) in [6, 6.07) is 12.2. The molecule has 2 aromatic carbocycles. The fourth-order valence-corrected chi connectivity index (χ4v) is 2.46. The highest BCUT2D eigenvalue weighted by Crippen LogP contribution is 2.32. The molecule has 0 aliphatic heterocycles. The van der Waals surface area contributed by atoms with Crippen molar-refractivity contribution in [2.45, 2.75) is 20.3 Å². The van der Waals surface area contributed by atoms with Crippen LogP contribution in [0.5, 0.6) is 0 Å². The largest absolute Gasteiger partial charge is 0.0827 e. The first-order chi connectivity index (χ1) is 8.09. The van der Waals surface area contributed by atoms with Crippen molar-refractivity contribution in [1.29, 1.82) is 0 Å². The fourth-order valence-electron chi connectivity index (χ4n) is 1.92. The number of hydrogen-bond donors (Lipinski definition) is 0. The lowest BCUT2D eigenvalue weighted by molar-refractivity contribution is 1.14. The van der Waals surface area contributed by atoms with Gasteiger partial charge in [0, 0.05) is 0 Å². The van der Waals surface area contributed by atoms with E-state index in [1.54, 1.807) is 0 Å². The molecule has 0 aromatic heterocycles. The minimum Gasteiger partial charge on any atom is -0.0827 e. The van der Waals surface area contributed by atoms with Crippen molar-refractivity contribution in [1.82, 2.24) is 0 Å². The van der Waals surface area contributed by atoms with E-state index >= 15 is 0 Å². The molecule has 0 aliphatic carbocycles. The Bertz CT molecular complexity index is 504. The van der Waals surface area contributed by atoms with Gasteiger partial charge in [0.25, 0.3) is 0 Å². The maximum absolute atomic E-state index is 6.29. The van der Waals surface area contributed by atoms with Gasteiger partial charge in [0.1, 0.15) is 0 Å². The van der Waals surface area contributed by atoms with Gasteiger partial charge in [-0.15, -0.1) is 0 Å². The SMILES string of the molecule is Cc1cc(Cl)c(Cl)c(Cc2ccccc2)c1C. The van der Waals surface area contributed by atoms with Gasteiger partial charge in [0.05, 0.1) is 10.0 Å². The number of hydrogen-bond acceptors (Lipinski definition) is 0. The molecule has 0 bridgehead atoms. The highest BCUT2D eigenvalue weighted by Gasteiger charge is 2.11. The molecule has 0 fully saturated rings. The van der Waals surface area contributed by atoms with Crippen LogP contribution in [0.25, 0.3) is 0 Å². The van der Waals surface area contributed by atoms with Crippen LogP contribution < -0.4 is 0 Å². The first-order valence-electron chi connectivity index (χ1n) is 5.57. The molecule has 0 aliphatic rings. The fraction of sp³-hybridized carbons (Fsp3) is 0.200. The van der Waals surface area contributed by atoms with Crippen molar-refractivity contribution >= 4 is 23.2 Å². The Morgan fingerprint density at radius 1 is 1.00 bits per heavy atom. The van der Waals surface area contributed by atoms with Gasteiger partial charge < -0.3 is 0 Å². The van der Waals surface area contributed by atoms with Gasteiger partial charge >= 0.3 is 0 Å². The van der Waals surface area contributed by atoms with E-state index in [1.807, 2.05) is 24.3 Å². The molecule has 0 saturated carbocycles. The van der Waals surface area contributed by atoms with E-state index in [9.17, 15) is 0 Å². The molecule has 0 atom stereocenters. The third kappa shape index (κ3) is 2.65. The maximum atomic E-state index is 6.29. The molecular weight excluding hydrogens is 251 g/mol. The van der Waals surface area contributed by atoms with Crippen LogP contribution in [0.1, 0.15) is 22.3 Å². The van der Waals surface area contributed by atoms with E-state index in [0.29, 0.717) is 10.0 Å². The molecule has 0 unspecified atom stereocenters. The zero-order chi connectivity index (χ0) is 12.4. The minimum absolute atomic E-state index is 0.640. The third-order valence-electron chi connectivity index (χ3n) is 3.09. The van der Waals surface area contributed by atoms with E-state index in [-0.39, 0.29) is 0 Å². The summed E-state index contributed by atoms with van der Waals surface area (Å²) in [5.74, 6) is 0. The van der Waals surface area contributed by atoms with Gasteiger partial charge in [0.2, 0.25) is 0 Å². The average Bonchev–Trinajstić information content (AvgIpc) is 2.33. The monoisotopic (exact) mass is 264 g/mol. The molecule has 0 N–H and O–H groups in total. The smallest absolute Gasteiger partial charge is 0.0630 e. The summed E-state index contributed by atoms with van der Waals surface area (Å²) in [5.41, 5.74) is 4.79. The van der Waals surface area contributed by atoms with E-state index in [4.69, 9.17) is 23.2 Å². The Morgan fingerprint density at radius 3 is 2.29 bits per heavy atom. The molecule has 0 heterocycles. The quantitative estimate of drug-likeness (QED) is 0.700. The van der Waals surface area contributed by atoms with Crippen LogP contribution in [0.2, 0.25) is 10.0 Å². The summed E-state index contributed by atoms with van der Waals surface area (Å²) in [6.45, 7) is 4.15. The van der Waals surface area contributed by atoms with E-state index in [1.165, 1.54) is 16.7 Å². The Hall–Kier alpha value is -0.980. The molecule has 0 spiro atoms. The lowest BCUT2D eigenvalue weighted by Crippen LogP contribution is -1.96. The van der Waals surface area contributed by atoms with Crippen molar-refractivity contribution in [3.8, 4) is 0 Å². The Kier molecular flexibility index (Phi) is 3.76.